The zero-order valence-electron chi connectivity index (χ0n) is 14.8. The predicted octanol–water partition coefficient (Wildman–Crippen LogP) is 1.67. The maximum absolute atomic E-state index is 12.6. The lowest BCUT2D eigenvalue weighted by atomic mass is 10.1. The van der Waals surface area contributed by atoms with Gasteiger partial charge >= 0.3 is 12.0 Å². The summed E-state index contributed by atoms with van der Waals surface area (Å²) in [5.41, 5.74) is 0.940. The predicted molar refractivity (Wildman–Crippen MR) is 97.2 cm³/mol. The Hall–Kier alpha value is -3.75. The van der Waals surface area contributed by atoms with E-state index in [1.165, 1.54) is 32.5 Å². The van der Waals surface area contributed by atoms with Crippen LogP contribution in [0, 0.1) is 6.92 Å². The first-order valence-corrected chi connectivity index (χ1v) is 7.87. The van der Waals surface area contributed by atoms with Crippen LogP contribution >= 0.6 is 0 Å². The summed E-state index contributed by atoms with van der Waals surface area (Å²) in [5.74, 6) is -1.15. The number of pyridine rings is 1. The standard InChI is InChI=1S/C18H16N4O5/c1-9-4-5-10(17(25)26-2)7-13(9)20-15(23)12-6-11-8-19-18(27-3)22-14(11)21-16(12)24/h4-8H,1-3H3,(H,20,23)(H,19,21,22,24). The first-order chi connectivity index (χ1) is 12.9. The van der Waals surface area contributed by atoms with Gasteiger partial charge in [0, 0.05) is 17.3 Å². The maximum atomic E-state index is 12.6. The lowest BCUT2D eigenvalue weighted by molar-refractivity contribution is 0.0600. The number of benzene rings is 1. The quantitative estimate of drug-likeness (QED) is 0.671. The summed E-state index contributed by atoms with van der Waals surface area (Å²) in [7, 11) is 2.68. The van der Waals surface area contributed by atoms with Gasteiger partial charge in [-0.1, -0.05) is 6.07 Å². The number of hydrogen-bond acceptors (Lipinski definition) is 7. The van der Waals surface area contributed by atoms with E-state index >= 15 is 0 Å². The molecule has 9 nitrogen and oxygen atoms in total. The van der Waals surface area contributed by atoms with Crippen molar-refractivity contribution in [1.82, 2.24) is 15.0 Å². The third-order valence-electron chi connectivity index (χ3n) is 3.91. The Balaban J connectivity index is 1.96. The van der Waals surface area contributed by atoms with Crippen molar-refractivity contribution >= 4 is 28.6 Å². The van der Waals surface area contributed by atoms with Crippen LogP contribution in [0.15, 0.2) is 35.3 Å². The van der Waals surface area contributed by atoms with E-state index in [0.29, 0.717) is 11.1 Å². The molecule has 0 bridgehead atoms. The van der Waals surface area contributed by atoms with E-state index < -0.39 is 17.4 Å². The van der Waals surface area contributed by atoms with Gasteiger partial charge in [-0.2, -0.15) is 4.98 Å². The van der Waals surface area contributed by atoms with Crippen LogP contribution in [0.4, 0.5) is 5.69 Å². The van der Waals surface area contributed by atoms with E-state index in [-0.39, 0.29) is 22.8 Å². The number of nitrogens with zero attached hydrogens (tertiary/aromatic N) is 2. The van der Waals surface area contributed by atoms with Crippen molar-refractivity contribution in [3.63, 3.8) is 0 Å². The number of aryl methyl sites for hydroxylation is 1. The number of nitrogens with one attached hydrogen (secondary N) is 2. The highest BCUT2D eigenvalue weighted by molar-refractivity contribution is 6.06. The Morgan fingerprint density at radius 1 is 1.19 bits per heavy atom. The minimum absolute atomic E-state index is 0.102. The number of esters is 1. The average Bonchev–Trinajstić information content (AvgIpc) is 2.67. The molecular weight excluding hydrogens is 352 g/mol. The molecule has 27 heavy (non-hydrogen) atoms. The fraction of sp³-hybridized carbons (Fsp3) is 0.167. The summed E-state index contributed by atoms with van der Waals surface area (Å²) in [6.07, 6.45) is 1.44. The molecule has 0 unspecified atom stereocenters. The Bertz CT molecular complexity index is 1110. The monoisotopic (exact) mass is 368 g/mol. The molecule has 3 aromatic rings. The topological polar surface area (TPSA) is 123 Å². The van der Waals surface area contributed by atoms with Gasteiger partial charge in [0.15, 0.2) is 0 Å². The molecule has 1 amide bonds. The normalized spacial score (nSPS) is 10.5. The van der Waals surface area contributed by atoms with E-state index in [9.17, 15) is 14.4 Å². The minimum Gasteiger partial charge on any atom is -0.467 e. The molecule has 0 saturated heterocycles. The SMILES string of the molecule is COC(=O)c1ccc(C)c(NC(=O)c2cc3cnc(OC)nc3[nH]c2=O)c1. The van der Waals surface area contributed by atoms with Crippen LogP contribution in [0.25, 0.3) is 11.0 Å². The van der Waals surface area contributed by atoms with Crippen LogP contribution in [0.3, 0.4) is 0 Å². The summed E-state index contributed by atoms with van der Waals surface area (Å²) >= 11 is 0. The van der Waals surface area contributed by atoms with Crippen LogP contribution in [-0.2, 0) is 4.74 Å². The number of fused-ring (bicyclic) bond motifs is 1. The number of H-pyrrole nitrogens is 1. The molecule has 138 valence electrons. The highest BCUT2D eigenvalue weighted by Crippen LogP contribution is 2.19. The second kappa shape index (κ2) is 7.24. The number of rotatable bonds is 4. The second-order valence-electron chi connectivity index (χ2n) is 5.65. The van der Waals surface area contributed by atoms with Gasteiger partial charge in [-0.3, -0.25) is 9.59 Å². The average molecular weight is 368 g/mol. The number of anilines is 1. The summed E-state index contributed by atoms with van der Waals surface area (Å²) < 4.78 is 9.59. The number of hydrogen-bond donors (Lipinski definition) is 2. The molecule has 2 aromatic heterocycles. The van der Waals surface area contributed by atoms with Crippen LogP contribution in [0.2, 0.25) is 0 Å². The minimum atomic E-state index is -0.626. The molecule has 3 rings (SSSR count). The highest BCUT2D eigenvalue weighted by Gasteiger charge is 2.16. The van der Waals surface area contributed by atoms with Crippen molar-refractivity contribution in [2.24, 2.45) is 0 Å². The van der Waals surface area contributed by atoms with Gasteiger partial charge < -0.3 is 19.8 Å². The lowest BCUT2D eigenvalue weighted by Gasteiger charge is -2.10. The number of carbonyl (C=O) groups is 2. The highest BCUT2D eigenvalue weighted by atomic mass is 16.5. The van der Waals surface area contributed by atoms with E-state index in [2.05, 4.69) is 25.0 Å². The number of methoxy groups -OCH3 is 2. The van der Waals surface area contributed by atoms with Gasteiger partial charge in [0.1, 0.15) is 11.2 Å². The molecule has 0 atom stereocenters. The fourth-order valence-corrected chi connectivity index (χ4v) is 2.43. The maximum Gasteiger partial charge on any atom is 0.337 e. The third kappa shape index (κ3) is 3.61. The third-order valence-corrected chi connectivity index (χ3v) is 3.91. The van der Waals surface area contributed by atoms with Crippen LogP contribution in [0.5, 0.6) is 6.01 Å². The molecule has 0 aliphatic rings. The van der Waals surface area contributed by atoms with Gasteiger partial charge in [-0.15, -0.1) is 0 Å². The molecule has 0 fully saturated rings. The summed E-state index contributed by atoms with van der Waals surface area (Å²) in [6, 6.07) is 6.24. The zero-order valence-corrected chi connectivity index (χ0v) is 14.8. The Morgan fingerprint density at radius 2 is 1.96 bits per heavy atom. The van der Waals surface area contributed by atoms with Crippen molar-refractivity contribution in [2.45, 2.75) is 6.92 Å². The Kier molecular flexibility index (Phi) is 4.84. The molecule has 0 radical (unpaired) electrons. The van der Waals surface area contributed by atoms with Gasteiger partial charge in [0.25, 0.3) is 11.5 Å². The Labute approximate surface area is 153 Å². The molecular formula is C18H16N4O5. The molecule has 2 heterocycles. The zero-order chi connectivity index (χ0) is 19.6. The lowest BCUT2D eigenvalue weighted by Crippen LogP contribution is -2.23. The van der Waals surface area contributed by atoms with Gasteiger partial charge in [-0.25, -0.2) is 9.78 Å². The largest absolute Gasteiger partial charge is 0.467 e. The molecule has 0 aliphatic heterocycles. The van der Waals surface area contributed by atoms with Gasteiger partial charge in [0.05, 0.1) is 19.8 Å². The first-order valence-electron chi connectivity index (χ1n) is 7.87. The molecule has 0 saturated carbocycles. The van der Waals surface area contributed by atoms with E-state index in [1.807, 2.05) is 0 Å². The summed E-state index contributed by atoms with van der Waals surface area (Å²) in [6.45, 7) is 1.77. The van der Waals surface area contributed by atoms with Crippen LogP contribution in [-0.4, -0.2) is 41.0 Å². The van der Waals surface area contributed by atoms with E-state index in [0.717, 1.165) is 5.56 Å². The van der Waals surface area contributed by atoms with Crippen molar-refractivity contribution in [3.05, 3.63) is 57.5 Å². The number of amides is 1. The first kappa shape index (κ1) is 18.1. The van der Waals surface area contributed by atoms with Gasteiger partial charge in [-0.05, 0) is 30.7 Å². The fourth-order valence-electron chi connectivity index (χ4n) is 2.43. The summed E-state index contributed by atoms with van der Waals surface area (Å²) in [4.78, 5) is 47.1. The van der Waals surface area contributed by atoms with Crippen LogP contribution < -0.4 is 15.6 Å². The van der Waals surface area contributed by atoms with Crippen molar-refractivity contribution in [1.29, 1.82) is 0 Å². The number of ether oxygens (including phenoxy) is 2. The smallest absolute Gasteiger partial charge is 0.337 e. The molecule has 0 spiro atoms. The van der Waals surface area contributed by atoms with Crippen molar-refractivity contribution in [2.75, 3.05) is 19.5 Å². The molecule has 0 aliphatic carbocycles. The van der Waals surface area contributed by atoms with Gasteiger partial charge in [0.2, 0.25) is 0 Å². The van der Waals surface area contributed by atoms with Crippen molar-refractivity contribution in [3.8, 4) is 6.01 Å². The molecule has 2 N–H and O–H groups in total. The second-order valence-corrected chi connectivity index (χ2v) is 5.65. The number of aromatic amines is 1. The van der Waals surface area contributed by atoms with Crippen molar-refractivity contribution < 1.29 is 19.1 Å². The molecule has 9 heteroatoms. The van der Waals surface area contributed by atoms with E-state index in [4.69, 9.17) is 4.74 Å². The summed E-state index contributed by atoms with van der Waals surface area (Å²) in [5, 5.41) is 3.11. The molecule has 1 aromatic carbocycles. The number of aromatic nitrogens is 3. The van der Waals surface area contributed by atoms with Crippen LogP contribution in [0.1, 0.15) is 26.3 Å². The van der Waals surface area contributed by atoms with E-state index in [1.54, 1.807) is 19.1 Å². The number of carbonyl (C=O) groups excluding carboxylic acids is 2. The Morgan fingerprint density at radius 3 is 2.67 bits per heavy atom.